The number of fused-ring (bicyclic) bond motifs is 1. The van der Waals surface area contributed by atoms with E-state index in [0.29, 0.717) is 35.0 Å². The van der Waals surface area contributed by atoms with Gasteiger partial charge in [-0.2, -0.15) is 0 Å². The van der Waals surface area contributed by atoms with E-state index in [0.717, 1.165) is 47.5 Å². The van der Waals surface area contributed by atoms with Crippen molar-refractivity contribution in [3.05, 3.63) is 99.0 Å². The molecule has 0 saturated carbocycles. The summed E-state index contributed by atoms with van der Waals surface area (Å²) in [6.07, 6.45) is 3.47. The average molecular weight is 676 g/mol. The summed E-state index contributed by atoms with van der Waals surface area (Å²) < 4.78 is 6.54. The van der Waals surface area contributed by atoms with Crippen LogP contribution in [0, 0.1) is 0 Å². The second kappa shape index (κ2) is 12.8. The van der Waals surface area contributed by atoms with Crippen molar-refractivity contribution in [3.8, 4) is 5.75 Å². The number of benzene rings is 3. The van der Waals surface area contributed by atoms with Crippen LogP contribution in [0.5, 0.6) is 5.75 Å². The Morgan fingerprint density at radius 1 is 0.894 bits per heavy atom. The van der Waals surface area contributed by atoms with E-state index < -0.39 is 11.1 Å². The average Bonchev–Trinajstić information content (AvgIpc) is 3.28. The number of carbonyl (C=O) groups excluding carboxylic acids is 1. The summed E-state index contributed by atoms with van der Waals surface area (Å²) in [6.45, 7) is 18.3. The van der Waals surface area contributed by atoms with Gasteiger partial charge in [-0.05, 0) is 106 Å². The number of amidine groups is 1. The standard InChI is InChI=1S/C39H48Cl2N4O2/c1-26(2)47-34-24-29(37(3,4)5)15-20-33(34)35-42-38(6,27-11-16-30(40)17-12-27)39(7,28-13-18-31(41)19-14-28)45(35)36(46)44-23-22-43-21-9-8-10-32(43)25-44/h11-20,24,26,32H,8-10,21-23,25H2,1-7H3/t32?,38-,39+/m0/s1. The highest BCUT2D eigenvalue weighted by molar-refractivity contribution is 6.30. The van der Waals surface area contributed by atoms with Crippen LogP contribution in [0.3, 0.4) is 0 Å². The van der Waals surface area contributed by atoms with Crippen molar-refractivity contribution in [2.45, 2.75) is 96.4 Å². The first-order valence-electron chi connectivity index (χ1n) is 17.0. The van der Waals surface area contributed by atoms with Crippen LogP contribution in [-0.2, 0) is 16.5 Å². The van der Waals surface area contributed by atoms with Gasteiger partial charge in [0.1, 0.15) is 22.7 Å². The monoisotopic (exact) mass is 674 g/mol. The van der Waals surface area contributed by atoms with Gasteiger partial charge in [0.25, 0.3) is 0 Å². The van der Waals surface area contributed by atoms with Gasteiger partial charge in [0.15, 0.2) is 0 Å². The molecule has 1 unspecified atom stereocenters. The van der Waals surface area contributed by atoms with E-state index >= 15 is 4.79 Å². The molecule has 3 atom stereocenters. The number of aliphatic imine (C=N–C) groups is 1. The Morgan fingerprint density at radius 3 is 2.15 bits per heavy atom. The van der Waals surface area contributed by atoms with E-state index in [9.17, 15) is 0 Å². The van der Waals surface area contributed by atoms with Crippen LogP contribution < -0.4 is 4.74 Å². The molecular weight excluding hydrogens is 627 g/mol. The lowest BCUT2D eigenvalue weighted by atomic mass is 9.71. The number of rotatable bonds is 5. The molecule has 0 radical (unpaired) electrons. The molecule has 2 saturated heterocycles. The maximum absolute atomic E-state index is 15.3. The number of hydrogen-bond acceptors (Lipinski definition) is 4. The van der Waals surface area contributed by atoms with Gasteiger partial charge >= 0.3 is 6.03 Å². The van der Waals surface area contributed by atoms with Gasteiger partial charge in [0, 0.05) is 35.7 Å². The van der Waals surface area contributed by atoms with E-state index in [4.69, 9.17) is 32.9 Å². The molecule has 3 aromatic rings. The molecule has 250 valence electrons. The molecule has 0 N–H and O–H groups in total. The highest BCUT2D eigenvalue weighted by Crippen LogP contribution is 2.54. The summed E-state index contributed by atoms with van der Waals surface area (Å²) in [6, 6.07) is 22.4. The van der Waals surface area contributed by atoms with Gasteiger partial charge < -0.3 is 9.64 Å². The first-order valence-corrected chi connectivity index (χ1v) is 17.7. The highest BCUT2D eigenvalue weighted by atomic mass is 35.5. The molecule has 0 aromatic heterocycles. The number of amides is 2. The molecule has 8 heteroatoms. The fourth-order valence-corrected chi connectivity index (χ4v) is 7.82. The lowest BCUT2D eigenvalue weighted by Crippen LogP contribution is -2.63. The summed E-state index contributed by atoms with van der Waals surface area (Å²) >= 11 is 12.9. The van der Waals surface area contributed by atoms with Crippen LogP contribution in [0.25, 0.3) is 0 Å². The summed E-state index contributed by atoms with van der Waals surface area (Å²) in [4.78, 5) is 27.5. The largest absolute Gasteiger partial charge is 0.490 e. The van der Waals surface area contributed by atoms with Crippen molar-refractivity contribution < 1.29 is 9.53 Å². The minimum Gasteiger partial charge on any atom is -0.490 e. The zero-order valence-corrected chi connectivity index (χ0v) is 30.3. The molecule has 0 bridgehead atoms. The molecule has 2 fully saturated rings. The second-order valence-electron chi connectivity index (χ2n) is 15.0. The molecule has 3 aliphatic heterocycles. The summed E-state index contributed by atoms with van der Waals surface area (Å²) in [5.74, 6) is 1.33. The molecule has 3 aliphatic rings. The Kier molecular flexibility index (Phi) is 9.18. The number of carbonyl (C=O) groups is 1. The second-order valence-corrected chi connectivity index (χ2v) is 15.8. The lowest BCUT2D eigenvalue weighted by Gasteiger charge is -2.49. The SMILES string of the molecule is CC(C)Oc1cc(C(C)(C)C)ccc1C1=N[C@@](C)(c2ccc(Cl)cc2)[C@@](C)(c2ccc(Cl)cc2)N1C(=O)N1CCN2CCCCC2C1. The van der Waals surface area contributed by atoms with Crippen LogP contribution in [0.1, 0.15) is 90.0 Å². The first kappa shape index (κ1) is 33.8. The van der Waals surface area contributed by atoms with Crippen molar-refractivity contribution in [1.82, 2.24) is 14.7 Å². The van der Waals surface area contributed by atoms with Crippen molar-refractivity contribution >= 4 is 35.1 Å². The van der Waals surface area contributed by atoms with E-state index in [2.05, 4.69) is 62.6 Å². The smallest absolute Gasteiger partial charge is 0.326 e. The van der Waals surface area contributed by atoms with E-state index in [1.165, 1.54) is 12.8 Å². The summed E-state index contributed by atoms with van der Waals surface area (Å²) in [5.41, 5.74) is 1.95. The van der Waals surface area contributed by atoms with Crippen LogP contribution in [0.4, 0.5) is 4.79 Å². The fraction of sp³-hybridized carbons (Fsp3) is 0.487. The molecule has 47 heavy (non-hydrogen) atoms. The Bertz CT molecular complexity index is 1650. The Morgan fingerprint density at radius 2 is 1.53 bits per heavy atom. The summed E-state index contributed by atoms with van der Waals surface area (Å²) in [5, 5.41) is 1.29. The zero-order chi connectivity index (χ0) is 33.7. The van der Waals surface area contributed by atoms with Crippen molar-refractivity contribution in [2.24, 2.45) is 4.99 Å². The third kappa shape index (κ3) is 6.18. The third-order valence-electron chi connectivity index (χ3n) is 10.5. The van der Waals surface area contributed by atoms with Gasteiger partial charge in [0.2, 0.25) is 0 Å². The molecule has 6 rings (SSSR count). The minimum absolute atomic E-state index is 0.0421. The predicted molar refractivity (Wildman–Crippen MR) is 193 cm³/mol. The molecule has 2 amide bonds. The summed E-state index contributed by atoms with van der Waals surface area (Å²) in [7, 11) is 0. The van der Waals surface area contributed by atoms with E-state index in [1.54, 1.807) is 0 Å². The number of halogens is 2. The van der Waals surface area contributed by atoms with Gasteiger partial charge in [-0.25, -0.2) is 4.79 Å². The molecule has 3 aromatic carbocycles. The van der Waals surface area contributed by atoms with Crippen LogP contribution >= 0.6 is 23.2 Å². The van der Waals surface area contributed by atoms with E-state index in [-0.39, 0.29) is 17.6 Å². The maximum atomic E-state index is 15.3. The van der Waals surface area contributed by atoms with Crippen LogP contribution in [0.2, 0.25) is 10.0 Å². The van der Waals surface area contributed by atoms with Crippen LogP contribution in [-0.4, -0.2) is 64.9 Å². The first-order chi connectivity index (χ1) is 22.2. The number of urea groups is 1. The molecule has 0 aliphatic carbocycles. The number of piperazine rings is 1. The van der Waals surface area contributed by atoms with Crippen molar-refractivity contribution in [2.75, 3.05) is 26.2 Å². The number of piperidine rings is 1. The highest BCUT2D eigenvalue weighted by Gasteiger charge is 2.60. The Balaban J connectivity index is 1.58. The van der Waals surface area contributed by atoms with Crippen LogP contribution in [0.15, 0.2) is 71.7 Å². The number of hydrogen-bond donors (Lipinski definition) is 0. The van der Waals surface area contributed by atoms with Gasteiger partial charge in [0.05, 0.1) is 11.7 Å². The normalized spacial score (nSPS) is 25.1. The molecule has 6 nitrogen and oxygen atoms in total. The molecule has 3 heterocycles. The lowest BCUT2D eigenvalue weighted by molar-refractivity contribution is 0.0454. The van der Waals surface area contributed by atoms with E-state index in [1.807, 2.05) is 67.3 Å². The molecular formula is C39H48Cl2N4O2. The maximum Gasteiger partial charge on any atom is 0.326 e. The third-order valence-corrected chi connectivity index (χ3v) is 11.0. The minimum atomic E-state index is -0.931. The topological polar surface area (TPSA) is 48.4 Å². The zero-order valence-electron chi connectivity index (χ0n) is 28.8. The Hall–Kier alpha value is -3.06. The molecule has 0 spiro atoms. The number of ether oxygens (including phenoxy) is 1. The Labute approximate surface area is 290 Å². The predicted octanol–water partition coefficient (Wildman–Crippen LogP) is 9.26. The van der Waals surface area contributed by atoms with Gasteiger partial charge in [-0.3, -0.25) is 14.8 Å². The quantitative estimate of drug-likeness (QED) is 0.271. The fourth-order valence-electron chi connectivity index (χ4n) is 7.56. The van der Waals surface area contributed by atoms with Crippen molar-refractivity contribution in [3.63, 3.8) is 0 Å². The van der Waals surface area contributed by atoms with Gasteiger partial charge in [-0.1, -0.05) is 80.7 Å². The van der Waals surface area contributed by atoms with Crippen molar-refractivity contribution in [1.29, 1.82) is 0 Å². The van der Waals surface area contributed by atoms with Gasteiger partial charge in [-0.15, -0.1) is 0 Å². The number of nitrogens with zero attached hydrogens (tertiary/aromatic N) is 4.